The number of benzene rings is 2. The van der Waals surface area contributed by atoms with E-state index in [4.69, 9.17) is 9.47 Å². The second kappa shape index (κ2) is 12.7. The van der Waals surface area contributed by atoms with Crippen LogP contribution in [0.3, 0.4) is 0 Å². The molecule has 0 saturated heterocycles. The number of ether oxygens (including phenoxy) is 2. The Labute approximate surface area is 206 Å². The molecule has 0 N–H and O–H groups in total. The van der Waals surface area contributed by atoms with Gasteiger partial charge in [-0.05, 0) is 24.0 Å². The van der Waals surface area contributed by atoms with Crippen LogP contribution in [0.25, 0.3) is 11.1 Å². The molecular weight excluding hydrogens is 456 g/mol. The van der Waals surface area contributed by atoms with Gasteiger partial charge in [0.15, 0.2) is 0 Å². The molecule has 0 spiro atoms. The predicted octanol–water partition coefficient (Wildman–Crippen LogP) is 5.42. The molecule has 0 unspecified atom stereocenters. The molecule has 2 aromatic rings. The lowest BCUT2D eigenvalue weighted by Crippen LogP contribution is -2.41. The Kier molecular flexibility index (Phi) is 10.3. The van der Waals surface area contributed by atoms with Crippen molar-refractivity contribution in [1.82, 2.24) is 0 Å². The summed E-state index contributed by atoms with van der Waals surface area (Å²) in [7, 11) is -3.19. The van der Waals surface area contributed by atoms with Crippen molar-refractivity contribution in [2.24, 2.45) is 0 Å². The highest BCUT2D eigenvalue weighted by atomic mass is 28.3. The molecule has 4 nitrogen and oxygen atoms in total. The average molecular weight is 495 g/mol. The van der Waals surface area contributed by atoms with Crippen LogP contribution in [0.15, 0.2) is 73.8 Å². The molecule has 0 atom stereocenters. The van der Waals surface area contributed by atoms with Crippen molar-refractivity contribution in [3.05, 3.63) is 73.8 Å². The summed E-state index contributed by atoms with van der Waals surface area (Å²) in [5.74, 6) is -0.704. The van der Waals surface area contributed by atoms with E-state index in [0.717, 1.165) is 24.9 Å². The second-order valence-corrected chi connectivity index (χ2v) is 19.6. The van der Waals surface area contributed by atoms with E-state index in [1.807, 2.05) is 0 Å². The summed E-state index contributed by atoms with van der Waals surface area (Å²) in [6, 6.07) is 20.0. The monoisotopic (exact) mass is 494 g/mol. The topological polar surface area (TPSA) is 52.6 Å². The third-order valence-corrected chi connectivity index (χ3v) is 13.4. The fourth-order valence-corrected chi connectivity index (χ4v) is 8.78. The van der Waals surface area contributed by atoms with Crippen molar-refractivity contribution in [1.29, 1.82) is 0 Å². The van der Waals surface area contributed by atoms with Gasteiger partial charge in [0.25, 0.3) is 0 Å². The van der Waals surface area contributed by atoms with Gasteiger partial charge in [-0.2, -0.15) is 0 Å². The van der Waals surface area contributed by atoms with E-state index < -0.39 is 16.1 Å². The Hall–Kier alpha value is -2.71. The van der Waals surface area contributed by atoms with E-state index in [0.29, 0.717) is 13.2 Å². The maximum absolute atomic E-state index is 11.2. The van der Waals surface area contributed by atoms with E-state index in [1.54, 1.807) is 0 Å². The Balaban J connectivity index is 1.96. The molecule has 2 aromatic carbocycles. The molecule has 0 fully saturated rings. The number of carbonyl (C=O) groups is 2. The summed E-state index contributed by atoms with van der Waals surface area (Å²) in [5, 5.41) is 2.82. The molecule has 0 saturated carbocycles. The Morgan fingerprint density at radius 1 is 0.676 bits per heavy atom. The summed E-state index contributed by atoms with van der Waals surface area (Å²) >= 11 is 0. The van der Waals surface area contributed by atoms with Gasteiger partial charge in [0.2, 0.25) is 0 Å². The minimum Gasteiger partial charge on any atom is -0.463 e. The van der Waals surface area contributed by atoms with Crippen LogP contribution in [-0.2, 0) is 19.1 Å². The summed E-state index contributed by atoms with van der Waals surface area (Å²) < 4.78 is 10.2. The van der Waals surface area contributed by atoms with E-state index in [1.165, 1.54) is 33.7 Å². The zero-order valence-electron chi connectivity index (χ0n) is 21.1. The third kappa shape index (κ3) is 8.26. The molecule has 0 bridgehead atoms. The van der Waals surface area contributed by atoms with Gasteiger partial charge in [0, 0.05) is 12.2 Å². The van der Waals surface area contributed by atoms with Gasteiger partial charge in [0.1, 0.15) is 0 Å². The van der Waals surface area contributed by atoms with Gasteiger partial charge in [-0.25, -0.2) is 9.59 Å². The first-order valence-corrected chi connectivity index (χ1v) is 18.3. The number of esters is 2. The minimum absolute atomic E-state index is 0.352. The molecule has 182 valence electrons. The molecule has 0 amide bonds. The summed E-state index contributed by atoms with van der Waals surface area (Å²) in [5.41, 5.74) is 2.44. The SMILES string of the molecule is C=CC(=O)OCCC[Si](C)(C)c1ccc(-c2ccc([Si](C)(C)CCCOC(=O)C=C)cc2)cc1. The highest BCUT2D eigenvalue weighted by Crippen LogP contribution is 2.21. The lowest BCUT2D eigenvalue weighted by molar-refractivity contribution is -0.138. The average Bonchev–Trinajstić information content (AvgIpc) is 2.84. The molecule has 2 rings (SSSR count). The number of rotatable bonds is 13. The molecule has 0 aliphatic carbocycles. The van der Waals surface area contributed by atoms with Crippen molar-refractivity contribution >= 4 is 38.5 Å². The molecule has 0 radical (unpaired) electrons. The molecule has 0 aliphatic heterocycles. The van der Waals surface area contributed by atoms with Crippen molar-refractivity contribution < 1.29 is 19.1 Å². The van der Waals surface area contributed by atoms with Gasteiger partial charge in [0.05, 0.1) is 29.4 Å². The van der Waals surface area contributed by atoms with Crippen molar-refractivity contribution in [2.45, 2.75) is 51.1 Å². The van der Waals surface area contributed by atoms with Crippen LogP contribution < -0.4 is 10.4 Å². The third-order valence-electron chi connectivity index (χ3n) is 6.38. The first kappa shape index (κ1) is 27.5. The largest absolute Gasteiger partial charge is 0.463 e. The standard InChI is InChI=1S/C28H38O4Si2/c1-7-27(29)31-19-9-21-33(3,4)25-15-11-23(12-16-25)24-13-17-26(18-14-24)34(5,6)22-10-20-32-28(30)8-2/h7-8,11-18H,1-2,9-10,19-22H2,3-6H3. The van der Waals surface area contributed by atoms with Gasteiger partial charge >= 0.3 is 11.9 Å². The van der Waals surface area contributed by atoms with E-state index in [9.17, 15) is 9.59 Å². The van der Waals surface area contributed by atoms with Gasteiger partial charge < -0.3 is 9.47 Å². The first-order chi connectivity index (χ1) is 16.1. The first-order valence-electron chi connectivity index (χ1n) is 11.9. The normalized spacial score (nSPS) is 11.5. The zero-order valence-corrected chi connectivity index (χ0v) is 23.1. The fraction of sp³-hybridized carbons (Fsp3) is 0.357. The Morgan fingerprint density at radius 3 is 1.29 bits per heavy atom. The van der Waals surface area contributed by atoms with Crippen molar-refractivity contribution in [3.8, 4) is 11.1 Å². The Bertz CT molecular complexity index is 895. The van der Waals surface area contributed by atoms with Crippen LogP contribution in [0.1, 0.15) is 12.8 Å². The summed E-state index contributed by atoms with van der Waals surface area (Å²) in [6.45, 7) is 17.2. The molecule has 0 aromatic heterocycles. The van der Waals surface area contributed by atoms with Crippen LogP contribution in [0, 0.1) is 0 Å². The van der Waals surface area contributed by atoms with Crippen LogP contribution in [-0.4, -0.2) is 41.3 Å². The van der Waals surface area contributed by atoms with Crippen molar-refractivity contribution in [3.63, 3.8) is 0 Å². The van der Waals surface area contributed by atoms with Gasteiger partial charge in [-0.1, -0.05) is 110 Å². The Morgan fingerprint density at radius 2 is 1.00 bits per heavy atom. The molecule has 0 heterocycles. The maximum Gasteiger partial charge on any atom is 0.330 e. The van der Waals surface area contributed by atoms with Gasteiger partial charge in [-0.3, -0.25) is 0 Å². The van der Waals surface area contributed by atoms with Crippen LogP contribution in [0.2, 0.25) is 38.3 Å². The minimum atomic E-state index is -1.59. The van der Waals surface area contributed by atoms with Crippen LogP contribution in [0.4, 0.5) is 0 Å². The van der Waals surface area contributed by atoms with E-state index >= 15 is 0 Å². The molecule has 0 aliphatic rings. The quantitative estimate of drug-likeness (QED) is 0.161. The molecule has 6 heteroatoms. The highest BCUT2D eigenvalue weighted by Gasteiger charge is 2.24. The number of hydrogen-bond donors (Lipinski definition) is 0. The summed E-state index contributed by atoms with van der Waals surface area (Å²) in [4.78, 5) is 22.4. The zero-order chi connectivity index (χ0) is 25.2. The van der Waals surface area contributed by atoms with Crippen LogP contribution in [0.5, 0.6) is 0 Å². The molecular formula is C28H38O4Si2. The number of carbonyl (C=O) groups excluding carboxylic acids is 2. The fourth-order valence-electron chi connectivity index (χ4n) is 4.01. The lowest BCUT2D eigenvalue weighted by atomic mass is 10.1. The second-order valence-electron chi connectivity index (χ2n) is 9.87. The van der Waals surface area contributed by atoms with E-state index in [-0.39, 0.29) is 11.9 Å². The smallest absolute Gasteiger partial charge is 0.330 e. The van der Waals surface area contributed by atoms with Crippen LogP contribution >= 0.6 is 0 Å². The maximum atomic E-state index is 11.2. The lowest BCUT2D eigenvalue weighted by Gasteiger charge is -2.24. The van der Waals surface area contributed by atoms with Gasteiger partial charge in [-0.15, -0.1) is 0 Å². The predicted molar refractivity (Wildman–Crippen MR) is 147 cm³/mol. The number of hydrogen-bond acceptors (Lipinski definition) is 4. The summed E-state index contributed by atoms with van der Waals surface area (Å²) in [6.07, 6.45) is 4.17. The highest BCUT2D eigenvalue weighted by molar-refractivity contribution is 6.90. The van der Waals surface area contributed by atoms with E-state index in [2.05, 4.69) is 87.9 Å². The van der Waals surface area contributed by atoms with Crippen molar-refractivity contribution in [2.75, 3.05) is 13.2 Å². The molecule has 34 heavy (non-hydrogen) atoms.